The summed E-state index contributed by atoms with van der Waals surface area (Å²) >= 11 is 0. The Morgan fingerprint density at radius 2 is 1.85 bits per heavy atom. The van der Waals surface area contributed by atoms with Crippen molar-refractivity contribution >= 4 is 11.8 Å². The van der Waals surface area contributed by atoms with E-state index >= 15 is 0 Å². The molecule has 0 atom stereocenters. The number of aromatic nitrogens is 1. The second-order valence-electron chi connectivity index (χ2n) is 6.34. The molecule has 1 N–H and O–H groups in total. The molecule has 0 unspecified atom stereocenters. The van der Waals surface area contributed by atoms with E-state index < -0.39 is 0 Å². The largest absolute Gasteiger partial charge is 0.496 e. The fraction of sp³-hybridized carbons (Fsp3) is 0.350. The van der Waals surface area contributed by atoms with Crippen LogP contribution in [0.3, 0.4) is 0 Å². The van der Waals surface area contributed by atoms with Gasteiger partial charge in [-0.1, -0.05) is 12.1 Å². The molecule has 0 radical (unpaired) electrons. The topological polar surface area (TPSA) is 71.5 Å². The highest BCUT2D eigenvalue weighted by molar-refractivity contribution is 5.97. The van der Waals surface area contributed by atoms with Crippen LogP contribution in [-0.2, 0) is 11.3 Å². The summed E-state index contributed by atoms with van der Waals surface area (Å²) in [5, 5.41) is 2.97. The maximum atomic E-state index is 12.7. The number of nitrogens with zero attached hydrogens (tertiary/aromatic N) is 2. The third-order valence-corrected chi connectivity index (χ3v) is 4.71. The summed E-state index contributed by atoms with van der Waals surface area (Å²) in [4.78, 5) is 30.8. The lowest BCUT2D eigenvalue weighted by atomic mass is 9.95. The van der Waals surface area contributed by atoms with Crippen LogP contribution in [0.5, 0.6) is 5.75 Å². The summed E-state index contributed by atoms with van der Waals surface area (Å²) < 4.78 is 5.27. The summed E-state index contributed by atoms with van der Waals surface area (Å²) in [5.74, 6) is 0.526. The summed E-state index contributed by atoms with van der Waals surface area (Å²) in [7, 11) is 1.56. The number of para-hydroxylation sites is 1. The number of amides is 2. The minimum atomic E-state index is -0.0569. The Hall–Kier alpha value is -2.89. The number of piperidine rings is 1. The lowest BCUT2D eigenvalue weighted by Gasteiger charge is -2.31. The van der Waals surface area contributed by atoms with E-state index in [9.17, 15) is 9.59 Å². The molecule has 2 aromatic rings. The van der Waals surface area contributed by atoms with Crippen molar-refractivity contribution < 1.29 is 14.3 Å². The van der Waals surface area contributed by atoms with E-state index in [1.807, 2.05) is 24.3 Å². The molecule has 26 heavy (non-hydrogen) atoms. The van der Waals surface area contributed by atoms with Crippen LogP contribution in [0, 0.1) is 5.92 Å². The smallest absolute Gasteiger partial charge is 0.257 e. The first kappa shape index (κ1) is 17.9. The Morgan fingerprint density at radius 3 is 2.54 bits per heavy atom. The molecule has 1 aliphatic rings. The monoisotopic (exact) mass is 353 g/mol. The summed E-state index contributed by atoms with van der Waals surface area (Å²) in [6, 6.07) is 11.0. The van der Waals surface area contributed by atoms with Crippen molar-refractivity contribution in [3.05, 3.63) is 59.9 Å². The van der Waals surface area contributed by atoms with Crippen LogP contribution in [-0.4, -0.2) is 41.9 Å². The molecule has 1 aromatic carbocycles. The van der Waals surface area contributed by atoms with Crippen LogP contribution in [0.25, 0.3) is 0 Å². The number of methoxy groups -OCH3 is 1. The van der Waals surface area contributed by atoms with Crippen LogP contribution in [0.4, 0.5) is 0 Å². The number of ether oxygens (including phenoxy) is 1. The zero-order chi connectivity index (χ0) is 18.4. The molecule has 2 amide bonds. The third kappa shape index (κ3) is 4.20. The van der Waals surface area contributed by atoms with E-state index in [0.717, 1.165) is 5.56 Å². The molecule has 1 aromatic heterocycles. The average molecular weight is 353 g/mol. The fourth-order valence-corrected chi connectivity index (χ4v) is 3.17. The normalized spacial score (nSPS) is 14.7. The van der Waals surface area contributed by atoms with Crippen LogP contribution < -0.4 is 10.1 Å². The van der Waals surface area contributed by atoms with Gasteiger partial charge in [0, 0.05) is 37.9 Å². The van der Waals surface area contributed by atoms with Gasteiger partial charge in [0.05, 0.1) is 12.7 Å². The lowest BCUT2D eigenvalue weighted by Crippen LogP contribution is -2.43. The van der Waals surface area contributed by atoms with E-state index in [2.05, 4.69) is 10.3 Å². The van der Waals surface area contributed by atoms with Gasteiger partial charge in [-0.2, -0.15) is 0 Å². The minimum absolute atomic E-state index is 0.0434. The molecule has 0 spiro atoms. The second kappa shape index (κ2) is 8.47. The highest BCUT2D eigenvalue weighted by atomic mass is 16.5. The highest BCUT2D eigenvalue weighted by Crippen LogP contribution is 2.23. The molecule has 1 saturated heterocycles. The van der Waals surface area contributed by atoms with Gasteiger partial charge in [0.25, 0.3) is 5.91 Å². The van der Waals surface area contributed by atoms with E-state index in [-0.39, 0.29) is 17.7 Å². The summed E-state index contributed by atoms with van der Waals surface area (Å²) in [6.07, 6.45) is 4.76. The standard InChI is InChI=1S/C20H23N3O3/c1-26-18-5-3-2-4-17(18)20(25)23-12-8-16(9-13-23)19(24)22-14-15-6-10-21-11-7-15/h2-7,10-11,16H,8-9,12-14H2,1H3,(H,22,24). The zero-order valence-corrected chi connectivity index (χ0v) is 14.9. The van der Waals surface area contributed by atoms with E-state index in [0.29, 0.717) is 43.8 Å². The van der Waals surface area contributed by atoms with Crippen molar-refractivity contribution in [3.63, 3.8) is 0 Å². The average Bonchev–Trinajstić information content (AvgIpc) is 2.72. The number of likely N-dealkylation sites (tertiary alicyclic amines) is 1. The van der Waals surface area contributed by atoms with Gasteiger partial charge in [-0.3, -0.25) is 14.6 Å². The Labute approximate surface area is 153 Å². The van der Waals surface area contributed by atoms with Crippen LogP contribution in [0.2, 0.25) is 0 Å². The van der Waals surface area contributed by atoms with Crippen molar-refractivity contribution in [2.45, 2.75) is 19.4 Å². The zero-order valence-electron chi connectivity index (χ0n) is 14.9. The van der Waals surface area contributed by atoms with Gasteiger partial charge in [-0.05, 0) is 42.7 Å². The molecule has 6 heteroatoms. The Morgan fingerprint density at radius 1 is 1.15 bits per heavy atom. The molecule has 6 nitrogen and oxygen atoms in total. The summed E-state index contributed by atoms with van der Waals surface area (Å²) in [5.41, 5.74) is 1.59. The first-order valence-electron chi connectivity index (χ1n) is 8.78. The molecule has 3 rings (SSSR count). The van der Waals surface area contributed by atoms with Crippen molar-refractivity contribution in [1.29, 1.82) is 0 Å². The van der Waals surface area contributed by atoms with Gasteiger partial charge < -0.3 is 15.0 Å². The molecule has 1 fully saturated rings. The quantitative estimate of drug-likeness (QED) is 0.895. The molecule has 1 aliphatic heterocycles. The number of benzene rings is 1. The maximum absolute atomic E-state index is 12.7. The first-order chi connectivity index (χ1) is 12.7. The van der Waals surface area contributed by atoms with Crippen molar-refractivity contribution in [2.24, 2.45) is 5.92 Å². The van der Waals surface area contributed by atoms with Gasteiger partial charge in [-0.15, -0.1) is 0 Å². The number of carbonyl (C=O) groups excluding carboxylic acids is 2. The minimum Gasteiger partial charge on any atom is -0.496 e. The first-order valence-corrected chi connectivity index (χ1v) is 8.78. The predicted molar refractivity (Wildman–Crippen MR) is 97.7 cm³/mol. The lowest BCUT2D eigenvalue weighted by molar-refractivity contribution is -0.126. The van der Waals surface area contributed by atoms with Gasteiger partial charge in [-0.25, -0.2) is 0 Å². The second-order valence-corrected chi connectivity index (χ2v) is 6.34. The van der Waals surface area contributed by atoms with E-state index in [1.165, 1.54) is 0 Å². The maximum Gasteiger partial charge on any atom is 0.257 e. The summed E-state index contributed by atoms with van der Waals surface area (Å²) in [6.45, 7) is 1.65. The van der Waals surface area contributed by atoms with Crippen molar-refractivity contribution in [3.8, 4) is 5.75 Å². The number of hydrogen-bond acceptors (Lipinski definition) is 4. The van der Waals surface area contributed by atoms with Crippen molar-refractivity contribution in [2.75, 3.05) is 20.2 Å². The van der Waals surface area contributed by atoms with Gasteiger partial charge >= 0.3 is 0 Å². The highest BCUT2D eigenvalue weighted by Gasteiger charge is 2.28. The molecule has 0 bridgehead atoms. The molecule has 0 saturated carbocycles. The molecule has 136 valence electrons. The number of nitrogens with one attached hydrogen (secondary N) is 1. The Balaban J connectivity index is 1.52. The number of hydrogen-bond donors (Lipinski definition) is 1. The fourth-order valence-electron chi connectivity index (χ4n) is 3.17. The van der Waals surface area contributed by atoms with Gasteiger partial charge in [0.1, 0.15) is 5.75 Å². The predicted octanol–water partition coefficient (Wildman–Crippen LogP) is 2.26. The molecule has 2 heterocycles. The van der Waals surface area contributed by atoms with E-state index in [4.69, 9.17) is 4.74 Å². The molecular formula is C20H23N3O3. The number of pyridine rings is 1. The number of rotatable bonds is 5. The van der Waals surface area contributed by atoms with Crippen LogP contribution in [0.1, 0.15) is 28.8 Å². The SMILES string of the molecule is COc1ccccc1C(=O)N1CCC(C(=O)NCc2ccncc2)CC1. The van der Waals surface area contributed by atoms with Gasteiger partial charge in [0.15, 0.2) is 0 Å². The number of carbonyl (C=O) groups is 2. The van der Waals surface area contributed by atoms with Crippen LogP contribution >= 0.6 is 0 Å². The van der Waals surface area contributed by atoms with Gasteiger partial charge in [0.2, 0.25) is 5.91 Å². The van der Waals surface area contributed by atoms with Crippen molar-refractivity contribution in [1.82, 2.24) is 15.2 Å². The Bertz CT molecular complexity index is 756. The third-order valence-electron chi connectivity index (χ3n) is 4.71. The molecule has 0 aliphatic carbocycles. The molecular weight excluding hydrogens is 330 g/mol. The Kier molecular flexibility index (Phi) is 5.84. The van der Waals surface area contributed by atoms with E-state index in [1.54, 1.807) is 36.5 Å². The van der Waals surface area contributed by atoms with Crippen LogP contribution in [0.15, 0.2) is 48.8 Å².